The van der Waals surface area contributed by atoms with E-state index in [1.54, 1.807) is 0 Å². The van der Waals surface area contributed by atoms with Crippen LogP contribution in [0.2, 0.25) is 0 Å². The third-order valence-electron chi connectivity index (χ3n) is 3.40. The molecular weight excluding hydrogens is 194 g/mol. The normalized spacial score (nSPS) is 17.6. The molecule has 0 atom stereocenters. The van der Waals surface area contributed by atoms with E-state index in [0.717, 1.165) is 5.92 Å². The second-order valence-corrected chi connectivity index (χ2v) is 4.44. The monoisotopic (exact) mass is 219 g/mol. The molecule has 1 saturated heterocycles. The molecule has 1 aromatic carbocycles. The van der Waals surface area contributed by atoms with Gasteiger partial charge in [-0.15, -0.1) is 0 Å². The van der Waals surface area contributed by atoms with Gasteiger partial charge in [-0.1, -0.05) is 56.7 Å². The summed E-state index contributed by atoms with van der Waals surface area (Å²) in [5, 5.41) is 0. The van der Waals surface area contributed by atoms with Gasteiger partial charge in [-0.3, -0.25) is 0 Å². The Bertz CT molecular complexity index is 198. The molecule has 0 saturated carbocycles. The number of likely N-dealkylation sites (tertiary alicyclic amines) is 1. The van der Waals surface area contributed by atoms with Gasteiger partial charge in [0.1, 0.15) is 0 Å². The number of hydrogen-bond donors (Lipinski definition) is 0. The Morgan fingerprint density at radius 1 is 0.875 bits per heavy atom. The standard InChI is InChI=1S/C9H19N.C6H6/c1-3-9-5-7-10(4-2)8-6-9;1-2-4-6-5-3-1/h9H,3-8H2,1-2H3;1-6H. The highest BCUT2D eigenvalue weighted by Crippen LogP contribution is 2.19. The summed E-state index contributed by atoms with van der Waals surface area (Å²) < 4.78 is 0. The van der Waals surface area contributed by atoms with E-state index in [4.69, 9.17) is 0 Å². The molecule has 1 fully saturated rings. The van der Waals surface area contributed by atoms with Gasteiger partial charge in [0, 0.05) is 0 Å². The van der Waals surface area contributed by atoms with Crippen LogP contribution >= 0.6 is 0 Å². The molecule has 0 N–H and O–H groups in total. The first-order chi connectivity index (χ1) is 7.86. The Labute approximate surface area is 100 Å². The molecule has 90 valence electrons. The summed E-state index contributed by atoms with van der Waals surface area (Å²) in [5.41, 5.74) is 0. The summed E-state index contributed by atoms with van der Waals surface area (Å²) in [6.45, 7) is 8.50. The van der Waals surface area contributed by atoms with Gasteiger partial charge in [0.15, 0.2) is 0 Å². The highest BCUT2D eigenvalue weighted by atomic mass is 15.1. The summed E-state index contributed by atoms with van der Waals surface area (Å²) in [6, 6.07) is 12.0. The van der Waals surface area contributed by atoms with Crippen molar-refractivity contribution in [3.05, 3.63) is 36.4 Å². The third-order valence-corrected chi connectivity index (χ3v) is 3.40. The largest absolute Gasteiger partial charge is 0.304 e. The number of hydrogen-bond acceptors (Lipinski definition) is 1. The van der Waals surface area contributed by atoms with Gasteiger partial charge in [-0.2, -0.15) is 0 Å². The Balaban J connectivity index is 0.000000181. The zero-order valence-electron chi connectivity index (χ0n) is 10.7. The second-order valence-electron chi connectivity index (χ2n) is 4.44. The summed E-state index contributed by atoms with van der Waals surface area (Å²) in [4.78, 5) is 2.55. The van der Waals surface area contributed by atoms with Crippen LogP contribution in [0, 0.1) is 5.92 Å². The van der Waals surface area contributed by atoms with Crippen LogP contribution in [0.4, 0.5) is 0 Å². The highest BCUT2D eigenvalue weighted by molar-refractivity contribution is 4.99. The lowest BCUT2D eigenvalue weighted by Gasteiger charge is -2.30. The van der Waals surface area contributed by atoms with Crippen molar-refractivity contribution < 1.29 is 0 Å². The van der Waals surface area contributed by atoms with Crippen LogP contribution in [0.25, 0.3) is 0 Å². The first kappa shape index (κ1) is 13.2. The maximum Gasteiger partial charge on any atom is -0.00162 e. The molecule has 0 aliphatic carbocycles. The van der Waals surface area contributed by atoms with Gasteiger partial charge in [-0.05, 0) is 38.4 Å². The minimum absolute atomic E-state index is 1.03. The molecule has 1 heteroatoms. The first-order valence-electron chi connectivity index (χ1n) is 6.59. The van der Waals surface area contributed by atoms with Crippen molar-refractivity contribution in [2.45, 2.75) is 33.1 Å². The van der Waals surface area contributed by atoms with E-state index in [2.05, 4.69) is 18.7 Å². The quantitative estimate of drug-likeness (QED) is 0.731. The molecule has 0 spiro atoms. The van der Waals surface area contributed by atoms with Crippen LogP contribution in [-0.4, -0.2) is 24.5 Å². The Hall–Kier alpha value is -0.820. The predicted molar refractivity (Wildman–Crippen MR) is 71.6 cm³/mol. The van der Waals surface area contributed by atoms with Gasteiger partial charge >= 0.3 is 0 Å². The van der Waals surface area contributed by atoms with Crippen molar-refractivity contribution in [2.24, 2.45) is 5.92 Å². The molecule has 0 aromatic heterocycles. The number of rotatable bonds is 2. The van der Waals surface area contributed by atoms with Gasteiger partial charge in [0.25, 0.3) is 0 Å². The topological polar surface area (TPSA) is 3.24 Å². The van der Waals surface area contributed by atoms with Crippen molar-refractivity contribution in [3.8, 4) is 0 Å². The van der Waals surface area contributed by atoms with Crippen molar-refractivity contribution >= 4 is 0 Å². The van der Waals surface area contributed by atoms with Gasteiger partial charge in [0.2, 0.25) is 0 Å². The van der Waals surface area contributed by atoms with E-state index in [9.17, 15) is 0 Å². The van der Waals surface area contributed by atoms with E-state index < -0.39 is 0 Å². The highest BCUT2D eigenvalue weighted by Gasteiger charge is 2.15. The molecule has 1 nitrogen and oxygen atoms in total. The molecule has 1 aliphatic heterocycles. The van der Waals surface area contributed by atoms with Crippen LogP contribution in [0.15, 0.2) is 36.4 Å². The fraction of sp³-hybridized carbons (Fsp3) is 0.600. The average Bonchev–Trinajstić information content (AvgIpc) is 2.41. The van der Waals surface area contributed by atoms with Crippen LogP contribution in [-0.2, 0) is 0 Å². The first-order valence-corrected chi connectivity index (χ1v) is 6.59. The van der Waals surface area contributed by atoms with Crippen molar-refractivity contribution in [3.63, 3.8) is 0 Å². The van der Waals surface area contributed by atoms with Crippen molar-refractivity contribution in [1.29, 1.82) is 0 Å². The van der Waals surface area contributed by atoms with E-state index in [0.29, 0.717) is 0 Å². The fourth-order valence-electron chi connectivity index (χ4n) is 2.10. The van der Waals surface area contributed by atoms with Gasteiger partial charge in [-0.25, -0.2) is 0 Å². The maximum absolute atomic E-state index is 2.55. The molecule has 1 aromatic rings. The molecule has 1 heterocycles. The second kappa shape index (κ2) is 8.35. The molecule has 16 heavy (non-hydrogen) atoms. The summed E-state index contributed by atoms with van der Waals surface area (Å²) >= 11 is 0. The van der Waals surface area contributed by atoms with Crippen molar-refractivity contribution in [2.75, 3.05) is 19.6 Å². The Kier molecular flexibility index (Phi) is 6.91. The smallest absolute Gasteiger partial charge is 0.00162 e. The molecule has 0 radical (unpaired) electrons. The minimum Gasteiger partial charge on any atom is -0.304 e. The summed E-state index contributed by atoms with van der Waals surface area (Å²) in [5.74, 6) is 1.03. The number of nitrogens with zero attached hydrogens (tertiary/aromatic N) is 1. The zero-order valence-corrected chi connectivity index (χ0v) is 10.7. The van der Waals surface area contributed by atoms with Crippen LogP contribution in [0.5, 0.6) is 0 Å². The molecule has 0 amide bonds. The van der Waals surface area contributed by atoms with Gasteiger partial charge < -0.3 is 4.90 Å². The molecule has 2 rings (SSSR count). The molecular formula is C15H25N. The lowest BCUT2D eigenvalue weighted by molar-refractivity contribution is 0.190. The maximum atomic E-state index is 2.55. The van der Waals surface area contributed by atoms with E-state index in [1.165, 1.54) is 38.9 Å². The summed E-state index contributed by atoms with van der Waals surface area (Å²) in [7, 11) is 0. The van der Waals surface area contributed by atoms with Gasteiger partial charge in [0.05, 0.1) is 0 Å². The van der Waals surface area contributed by atoms with Crippen LogP contribution < -0.4 is 0 Å². The zero-order chi connectivity index (χ0) is 11.6. The van der Waals surface area contributed by atoms with Crippen molar-refractivity contribution in [1.82, 2.24) is 4.90 Å². The van der Waals surface area contributed by atoms with Crippen LogP contribution in [0.1, 0.15) is 33.1 Å². The Morgan fingerprint density at radius 2 is 1.31 bits per heavy atom. The predicted octanol–water partition coefficient (Wildman–Crippen LogP) is 3.81. The van der Waals surface area contributed by atoms with E-state index >= 15 is 0 Å². The average molecular weight is 219 g/mol. The SMILES string of the molecule is CCC1CCN(CC)CC1.c1ccccc1. The molecule has 0 bridgehead atoms. The summed E-state index contributed by atoms with van der Waals surface area (Å²) in [6.07, 6.45) is 4.26. The fourth-order valence-corrected chi connectivity index (χ4v) is 2.10. The Morgan fingerprint density at radius 3 is 1.62 bits per heavy atom. The van der Waals surface area contributed by atoms with E-state index in [-0.39, 0.29) is 0 Å². The number of piperidine rings is 1. The molecule has 0 unspecified atom stereocenters. The number of benzene rings is 1. The third kappa shape index (κ3) is 5.32. The minimum atomic E-state index is 1.03. The molecule has 1 aliphatic rings. The van der Waals surface area contributed by atoms with E-state index in [1.807, 2.05) is 36.4 Å². The van der Waals surface area contributed by atoms with Crippen LogP contribution in [0.3, 0.4) is 0 Å². The lowest BCUT2D eigenvalue weighted by atomic mass is 9.95. The lowest BCUT2D eigenvalue weighted by Crippen LogP contribution is -2.33.